The Morgan fingerprint density at radius 1 is 1.55 bits per heavy atom. The first-order valence-electron chi connectivity index (χ1n) is 2.42. The third-order valence-electron chi connectivity index (χ3n) is 0.636. The number of carbonyl (C=O) groups is 1. The molecule has 0 aromatic heterocycles. The van der Waals surface area contributed by atoms with Crippen LogP contribution in [0.4, 0.5) is 17.6 Å². The van der Waals surface area contributed by atoms with Crippen molar-refractivity contribution in [2.75, 3.05) is 0 Å². The van der Waals surface area contributed by atoms with Gasteiger partial charge in [0.05, 0.1) is 0 Å². The predicted octanol–water partition coefficient (Wildman–Crippen LogP) is 1.57. The molecule has 0 saturated heterocycles. The van der Waals surface area contributed by atoms with E-state index < -0.39 is 18.5 Å². The minimum absolute atomic E-state index is 0.434. The first kappa shape index (κ1) is 9.93. The van der Waals surface area contributed by atoms with E-state index in [4.69, 9.17) is 0 Å². The first-order valence-corrected chi connectivity index (χ1v) is 2.42. The molecule has 1 unspecified atom stereocenters. The van der Waals surface area contributed by atoms with Crippen LogP contribution in [-0.2, 0) is 9.53 Å². The van der Waals surface area contributed by atoms with Crippen LogP contribution >= 0.6 is 0 Å². The van der Waals surface area contributed by atoms with E-state index in [9.17, 15) is 22.4 Å². The van der Waals surface area contributed by atoms with Crippen molar-refractivity contribution >= 4 is 5.97 Å². The largest absolute Gasteiger partial charge is 0.491 e. The summed E-state index contributed by atoms with van der Waals surface area (Å²) >= 11 is 0. The average Bonchev–Trinajstić information content (AvgIpc) is 1.85. The summed E-state index contributed by atoms with van der Waals surface area (Å²) in [6, 6.07) is 0. The lowest BCUT2D eigenvalue weighted by Crippen LogP contribution is -2.27. The third-order valence-corrected chi connectivity index (χ3v) is 0.636. The number of hydrogen-bond donors (Lipinski definition) is 0. The van der Waals surface area contributed by atoms with E-state index in [0.29, 0.717) is 6.08 Å². The van der Waals surface area contributed by atoms with Crippen LogP contribution < -0.4 is 0 Å². The number of ether oxygens (including phenoxy) is 1. The van der Waals surface area contributed by atoms with Crippen LogP contribution in [0.2, 0.25) is 0 Å². The van der Waals surface area contributed by atoms with Gasteiger partial charge in [-0.15, -0.1) is 0 Å². The van der Waals surface area contributed by atoms with Crippen LogP contribution in [0.3, 0.4) is 0 Å². The lowest BCUT2D eigenvalue weighted by molar-refractivity contribution is -0.208. The minimum atomic E-state index is -5.16. The molecule has 0 aliphatic rings. The molecule has 2 nitrogen and oxygen atoms in total. The van der Waals surface area contributed by atoms with E-state index >= 15 is 0 Å². The highest BCUT2D eigenvalue weighted by molar-refractivity contribution is 5.75. The summed E-state index contributed by atoms with van der Waals surface area (Å²) in [5.74, 6) is -2.56. The standard InChI is InChI=1S/C5H4F4O2/c1-2-3(6)11-4(10)5(7,8)9/h2-3H,1H2. The highest BCUT2D eigenvalue weighted by atomic mass is 19.4. The van der Waals surface area contributed by atoms with Gasteiger partial charge in [0.2, 0.25) is 0 Å². The molecule has 0 saturated carbocycles. The number of halogens is 4. The monoisotopic (exact) mass is 172 g/mol. The Labute approximate surface area is 59.4 Å². The zero-order valence-electron chi connectivity index (χ0n) is 5.19. The molecule has 0 spiro atoms. The second-order valence-electron chi connectivity index (χ2n) is 1.49. The maximum atomic E-state index is 11.9. The lowest BCUT2D eigenvalue weighted by Gasteiger charge is -2.07. The summed E-state index contributed by atoms with van der Waals surface area (Å²) in [4.78, 5) is 9.80. The van der Waals surface area contributed by atoms with Gasteiger partial charge in [0.1, 0.15) is 0 Å². The van der Waals surface area contributed by atoms with E-state index in [2.05, 4.69) is 11.3 Å². The number of hydrogen-bond acceptors (Lipinski definition) is 2. The van der Waals surface area contributed by atoms with Crippen molar-refractivity contribution in [3.8, 4) is 0 Å². The molecule has 64 valence electrons. The molecular formula is C5H4F4O2. The summed E-state index contributed by atoms with van der Waals surface area (Å²) in [6.45, 7) is 2.78. The van der Waals surface area contributed by atoms with Crippen molar-refractivity contribution in [3.05, 3.63) is 12.7 Å². The van der Waals surface area contributed by atoms with Gasteiger partial charge in [0, 0.05) is 0 Å². The van der Waals surface area contributed by atoms with Gasteiger partial charge in [0.15, 0.2) is 0 Å². The van der Waals surface area contributed by atoms with Gasteiger partial charge >= 0.3 is 12.1 Å². The van der Waals surface area contributed by atoms with Crippen LogP contribution in [0.25, 0.3) is 0 Å². The molecule has 0 amide bonds. The predicted molar refractivity (Wildman–Crippen MR) is 27.2 cm³/mol. The highest BCUT2D eigenvalue weighted by Crippen LogP contribution is 2.17. The van der Waals surface area contributed by atoms with Crippen molar-refractivity contribution in [2.45, 2.75) is 12.5 Å². The Morgan fingerprint density at radius 2 is 2.00 bits per heavy atom. The van der Waals surface area contributed by atoms with Crippen LogP contribution in [0.5, 0.6) is 0 Å². The number of rotatable bonds is 2. The van der Waals surface area contributed by atoms with E-state index in [1.54, 1.807) is 0 Å². The molecule has 6 heteroatoms. The Kier molecular flexibility index (Phi) is 3.03. The molecule has 0 heterocycles. The second kappa shape index (κ2) is 3.36. The van der Waals surface area contributed by atoms with Crippen LogP contribution in [0.1, 0.15) is 0 Å². The molecule has 11 heavy (non-hydrogen) atoms. The molecule has 0 aromatic carbocycles. The maximum absolute atomic E-state index is 11.9. The Hall–Kier alpha value is -1.07. The number of alkyl halides is 4. The zero-order chi connectivity index (χ0) is 9.07. The Bertz CT molecular complexity index is 162. The average molecular weight is 172 g/mol. The Balaban J connectivity index is 3.98. The SMILES string of the molecule is C=CC(F)OC(=O)C(F)(F)F. The van der Waals surface area contributed by atoms with E-state index in [0.717, 1.165) is 0 Å². The summed E-state index contributed by atoms with van der Waals surface area (Å²) in [6.07, 6.45) is -7.14. The second-order valence-corrected chi connectivity index (χ2v) is 1.49. The third kappa shape index (κ3) is 3.59. The fraction of sp³-hybridized carbons (Fsp3) is 0.400. The van der Waals surface area contributed by atoms with Crippen LogP contribution in [-0.4, -0.2) is 18.5 Å². The summed E-state index contributed by atoms with van der Waals surface area (Å²) < 4.78 is 48.9. The van der Waals surface area contributed by atoms with Crippen molar-refractivity contribution in [2.24, 2.45) is 0 Å². The molecule has 0 aliphatic carbocycles. The van der Waals surface area contributed by atoms with Crippen LogP contribution in [0.15, 0.2) is 12.7 Å². The normalized spacial score (nSPS) is 13.8. The van der Waals surface area contributed by atoms with E-state index in [1.807, 2.05) is 0 Å². The molecular weight excluding hydrogens is 168 g/mol. The first-order chi connectivity index (χ1) is 4.88. The van der Waals surface area contributed by atoms with Crippen molar-refractivity contribution in [1.29, 1.82) is 0 Å². The summed E-state index contributed by atoms with van der Waals surface area (Å²) in [5, 5.41) is 0. The lowest BCUT2D eigenvalue weighted by atomic mass is 10.6. The van der Waals surface area contributed by atoms with E-state index in [-0.39, 0.29) is 0 Å². The zero-order valence-corrected chi connectivity index (χ0v) is 5.19. The minimum Gasteiger partial charge on any atom is -0.421 e. The smallest absolute Gasteiger partial charge is 0.421 e. The maximum Gasteiger partial charge on any atom is 0.491 e. The van der Waals surface area contributed by atoms with E-state index in [1.165, 1.54) is 0 Å². The molecule has 0 radical (unpaired) electrons. The Morgan fingerprint density at radius 3 is 2.27 bits per heavy atom. The molecule has 0 aliphatic heterocycles. The highest BCUT2D eigenvalue weighted by Gasteiger charge is 2.42. The summed E-state index contributed by atoms with van der Waals surface area (Å²) in [5.41, 5.74) is 0. The van der Waals surface area contributed by atoms with Crippen molar-refractivity contribution in [1.82, 2.24) is 0 Å². The van der Waals surface area contributed by atoms with Gasteiger partial charge in [-0.05, 0) is 6.08 Å². The molecule has 0 N–H and O–H groups in total. The topological polar surface area (TPSA) is 26.3 Å². The van der Waals surface area contributed by atoms with Gasteiger partial charge in [-0.2, -0.15) is 17.6 Å². The fourth-order valence-corrected chi connectivity index (χ4v) is 0.217. The fourth-order valence-electron chi connectivity index (χ4n) is 0.217. The molecule has 0 fully saturated rings. The molecule has 0 aromatic rings. The molecule has 1 atom stereocenters. The molecule has 0 rings (SSSR count). The quantitative estimate of drug-likeness (QED) is 0.359. The number of esters is 1. The van der Waals surface area contributed by atoms with Gasteiger partial charge in [0.25, 0.3) is 6.36 Å². The van der Waals surface area contributed by atoms with Gasteiger partial charge in [-0.1, -0.05) is 6.58 Å². The van der Waals surface area contributed by atoms with Crippen molar-refractivity contribution < 1.29 is 27.1 Å². The van der Waals surface area contributed by atoms with Gasteiger partial charge in [-0.3, -0.25) is 0 Å². The molecule has 0 bridgehead atoms. The number of carbonyl (C=O) groups excluding carboxylic acids is 1. The van der Waals surface area contributed by atoms with Crippen LogP contribution in [0, 0.1) is 0 Å². The van der Waals surface area contributed by atoms with Gasteiger partial charge < -0.3 is 4.74 Å². The van der Waals surface area contributed by atoms with Gasteiger partial charge in [-0.25, -0.2) is 4.79 Å². The summed E-state index contributed by atoms with van der Waals surface area (Å²) in [7, 11) is 0. The van der Waals surface area contributed by atoms with Crippen molar-refractivity contribution in [3.63, 3.8) is 0 Å².